The zero-order valence-electron chi connectivity index (χ0n) is 14.5. The van der Waals surface area contributed by atoms with Crippen molar-refractivity contribution in [3.63, 3.8) is 0 Å². The number of nitrogens with two attached hydrogens (primary N) is 1. The van der Waals surface area contributed by atoms with Gasteiger partial charge >= 0.3 is 0 Å². The quantitative estimate of drug-likeness (QED) is 0.589. The molecule has 0 aliphatic carbocycles. The Morgan fingerprint density at radius 3 is 1.68 bits per heavy atom. The summed E-state index contributed by atoms with van der Waals surface area (Å²) in [5.41, 5.74) is 10.3. The van der Waals surface area contributed by atoms with Gasteiger partial charge in [0.1, 0.15) is 0 Å². The van der Waals surface area contributed by atoms with Crippen LogP contribution in [0.2, 0.25) is 0 Å². The summed E-state index contributed by atoms with van der Waals surface area (Å²) in [6.45, 7) is 0. The summed E-state index contributed by atoms with van der Waals surface area (Å²) < 4.78 is 0. The molecule has 0 bridgehead atoms. The van der Waals surface area contributed by atoms with Gasteiger partial charge in [-0.1, -0.05) is 91.0 Å². The van der Waals surface area contributed by atoms with Gasteiger partial charge in [-0.25, -0.2) is 0 Å². The van der Waals surface area contributed by atoms with Gasteiger partial charge in [-0.15, -0.1) is 0 Å². The van der Waals surface area contributed by atoms with Crippen LogP contribution in [-0.2, 0) is 6.42 Å². The van der Waals surface area contributed by atoms with Crippen LogP contribution in [0.5, 0.6) is 0 Å². The third-order valence-corrected chi connectivity index (χ3v) is 4.47. The summed E-state index contributed by atoms with van der Waals surface area (Å²) in [7, 11) is 0. The van der Waals surface area contributed by atoms with Gasteiger partial charge in [-0.3, -0.25) is 5.32 Å². The lowest BCUT2D eigenvalue weighted by Crippen LogP contribution is -2.40. The van der Waals surface area contributed by atoms with Crippen molar-refractivity contribution < 1.29 is 0 Å². The first-order chi connectivity index (χ1) is 12.3. The monoisotopic (exact) mass is 330 g/mol. The van der Waals surface area contributed by atoms with Crippen LogP contribution < -0.4 is 11.1 Å². The Morgan fingerprint density at radius 1 is 0.680 bits per heavy atom. The maximum atomic E-state index is 6.40. The van der Waals surface area contributed by atoms with Crippen molar-refractivity contribution in [1.82, 2.24) is 5.32 Å². The minimum absolute atomic E-state index is 0.0332. The molecule has 1 unspecified atom stereocenters. The van der Waals surface area contributed by atoms with Gasteiger partial charge in [0.25, 0.3) is 0 Å². The Balaban J connectivity index is 1.62. The lowest BCUT2D eigenvalue weighted by Gasteiger charge is -2.24. The maximum Gasteiger partial charge on any atom is 0.0588 e. The van der Waals surface area contributed by atoms with Crippen molar-refractivity contribution in [1.29, 1.82) is 0 Å². The molecule has 25 heavy (non-hydrogen) atoms. The molecule has 0 amide bonds. The van der Waals surface area contributed by atoms with E-state index in [1.54, 1.807) is 0 Å². The van der Waals surface area contributed by atoms with Gasteiger partial charge < -0.3 is 5.73 Å². The van der Waals surface area contributed by atoms with E-state index in [0.717, 1.165) is 19.3 Å². The first-order valence-electron chi connectivity index (χ1n) is 8.98. The Kier molecular flexibility index (Phi) is 6.38. The third kappa shape index (κ3) is 5.28. The van der Waals surface area contributed by atoms with E-state index in [-0.39, 0.29) is 12.2 Å². The highest BCUT2D eigenvalue weighted by atomic mass is 15.0. The van der Waals surface area contributed by atoms with Gasteiger partial charge in [-0.05, 0) is 36.0 Å². The number of hydrogen-bond donors (Lipinski definition) is 2. The van der Waals surface area contributed by atoms with Crippen LogP contribution in [0.4, 0.5) is 0 Å². The Hall–Kier alpha value is -2.42. The van der Waals surface area contributed by atoms with E-state index >= 15 is 0 Å². The minimum Gasteiger partial charge on any atom is -0.316 e. The Labute approximate surface area is 150 Å². The molecule has 0 aliphatic heterocycles. The summed E-state index contributed by atoms with van der Waals surface area (Å²) in [4.78, 5) is 0. The molecule has 1 atom stereocenters. The van der Waals surface area contributed by atoms with Crippen molar-refractivity contribution >= 4 is 0 Å². The minimum atomic E-state index is -0.0332. The Bertz CT molecular complexity index is 686. The molecule has 0 aromatic heterocycles. The maximum absolute atomic E-state index is 6.40. The highest BCUT2D eigenvalue weighted by molar-refractivity contribution is 5.31. The van der Waals surface area contributed by atoms with E-state index in [4.69, 9.17) is 5.73 Å². The van der Waals surface area contributed by atoms with E-state index < -0.39 is 0 Å². The SMILES string of the molecule is NC(CCCc1ccccc1)NC(c1ccccc1)c1ccccc1. The second-order valence-electron chi connectivity index (χ2n) is 6.41. The zero-order chi connectivity index (χ0) is 17.3. The molecule has 2 heteroatoms. The van der Waals surface area contributed by atoms with Crippen molar-refractivity contribution in [3.05, 3.63) is 108 Å². The first-order valence-corrected chi connectivity index (χ1v) is 8.98. The molecule has 0 aliphatic rings. The van der Waals surface area contributed by atoms with Gasteiger partial charge in [0.15, 0.2) is 0 Å². The standard InChI is InChI=1S/C23H26N2/c24-22(18-10-13-19-11-4-1-5-12-19)25-23(20-14-6-2-7-15-20)21-16-8-3-9-17-21/h1-9,11-12,14-17,22-23,25H,10,13,18,24H2. The van der Waals surface area contributed by atoms with Gasteiger partial charge in [-0.2, -0.15) is 0 Å². The van der Waals surface area contributed by atoms with Crippen LogP contribution in [0.3, 0.4) is 0 Å². The molecular formula is C23H26N2. The normalized spacial score (nSPS) is 12.2. The van der Waals surface area contributed by atoms with Crippen LogP contribution in [0.1, 0.15) is 35.6 Å². The largest absolute Gasteiger partial charge is 0.316 e. The second-order valence-corrected chi connectivity index (χ2v) is 6.41. The van der Waals surface area contributed by atoms with Crippen LogP contribution in [0.15, 0.2) is 91.0 Å². The second kappa shape index (κ2) is 9.16. The van der Waals surface area contributed by atoms with Crippen molar-refractivity contribution in [2.45, 2.75) is 31.5 Å². The van der Waals surface area contributed by atoms with Crippen LogP contribution in [0.25, 0.3) is 0 Å². The Morgan fingerprint density at radius 2 is 1.16 bits per heavy atom. The summed E-state index contributed by atoms with van der Waals surface area (Å²) >= 11 is 0. The molecule has 3 aromatic rings. The van der Waals surface area contributed by atoms with Gasteiger partial charge in [0.05, 0.1) is 12.2 Å². The number of aryl methyl sites for hydroxylation is 1. The van der Waals surface area contributed by atoms with Crippen molar-refractivity contribution in [2.75, 3.05) is 0 Å². The van der Waals surface area contributed by atoms with Crippen LogP contribution >= 0.6 is 0 Å². The summed E-state index contributed by atoms with van der Waals surface area (Å²) in [5.74, 6) is 0. The third-order valence-electron chi connectivity index (χ3n) is 4.47. The molecule has 0 radical (unpaired) electrons. The summed E-state index contributed by atoms with van der Waals surface area (Å²) in [6.07, 6.45) is 3.06. The molecule has 3 N–H and O–H groups in total. The average molecular weight is 330 g/mol. The molecule has 0 spiro atoms. The number of hydrogen-bond acceptors (Lipinski definition) is 2. The molecule has 0 saturated heterocycles. The highest BCUT2D eigenvalue weighted by Gasteiger charge is 2.16. The van der Waals surface area contributed by atoms with E-state index in [0.29, 0.717) is 0 Å². The predicted molar refractivity (Wildman–Crippen MR) is 105 cm³/mol. The molecule has 0 fully saturated rings. The van der Waals surface area contributed by atoms with Gasteiger partial charge in [0, 0.05) is 0 Å². The van der Waals surface area contributed by atoms with Crippen molar-refractivity contribution in [2.24, 2.45) is 5.73 Å². The summed E-state index contributed by atoms with van der Waals surface area (Å²) in [5, 5.41) is 3.61. The lowest BCUT2D eigenvalue weighted by molar-refractivity contribution is 0.445. The number of rotatable bonds is 8. The molecule has 3 aromatic carbocycles. The van der Waals surface area contributed by atoms with Gasteiger partial charge in [0.2, 0.25) is 0 Å². The molecule has 2 nitrogen and oxygen atoms in total. The van der Waals surface area contributed by atoms with Crippen LogP contribution in [0, 0.1) is 0 Å². The van der Waals surface area contributed by atoms with Crippen LogP contribution in [-0.4, -0.2) is 6.17 Å². The molecule has 128 valence electrons. The average Bonchev–Trinajstić information content (AvgIpc) is 2.68. The molecule has 3 rings (SSSR count). The fourth-order valence-corrected chi connectivity index (χ4v) is 3.14. The highest BCUT2D eigenvalue weighted by Crippen LogP contribution is 2.22. The van der Waals surface area contributed by atoms with Crippen molar-refractivity contribution in [3.8, 4) is 0 Å². The summed E-state index contributed by atoms with van der Waals surface area (Å²) in [6, 6.07) is 31.7. The zero-order valence-corrected chi connectivity index (χ0v) is 14.5. The number of nitrogens with one attached hydrogen (secondary N) is 1. The number of benzene rings is 3. The van der Waals surface area contributed by atoms with E-state index in [1.165, 1.54) is 16.7 Å². The van der Waals surface area contributed by atoms with E-state index in [1.807, 2.05) is 12.1 Å². The molecular weight excluding hydrogens is 304 g/mol. The molecule has 0 heterocycles. The predicted octanol–water partition coefficient (Wildman–Crippen LogP) is 4.67. The fraction of sp³-hybridized carbons (Fsp3) is 0.217. The molecule has 0 saturated carbocycles. The topological polar surface area (TPSA) is 38.0 Å². The first kappa shape index (κ1) is 17.4. The smallest absolute Gasteiger partial charge is 0.0588 e. The lowest BCUT2D eigenvalue weighted by atomic mass is 9.98. The van der Waals surface area contributed by atoms with E-state index in [2.05, 4.69) is 84.2 Å². The van der Waals surface area contributed by atoms with E-state index in [9.17, 15) is 0 Å². The fourth-order valence-electron chi connectivity index (χ4n) is 3.14.